The minimum atomic E-state index is -4.79. The van der Waals surface area contributed by atoms with Crippen LogP contribution in [0.1, 0.15) is 25.0 Å². The Morgan fingerprint density at radius 1 is 1.03 bits per heavy atom. The minimum absolute atomic E-state index is 0.0983. The lowest BCUT2D eigenvalue weighted by Crippen LogP contribution is -2.30. The van der Waals surface area contributed by atoms with Gasteiger partial charge in [0.05, 0.1) is 18.3 Å². The molecule has 3 N–H and O–H groups in total. The van der Waals surface area contributed by atoms with Crippen LogP contribution in [0.3, 0.4) is 0 Å². The van der Waals surface area contributed by atoms with E-state index in [1.807, 2.05) is 45.9 Å². The van der Waals surface area contributed by atoms with Crippen molar-refractivity contribution in [2.24, 2.45) is 5.92 Å². The summed E-state index contributed by atoms with van der Waals surface area (Å²) in [4.78, 5) is 9.00. The summed E-state index contributed by atoms with van der Waals surface area (Å²) >= 11 is 0. The van der Waals surface area contributed by atoms with Crippen LogP contribution in [0.15, 0.2) is 48.5 Å². The van der Waals surface area contributed by atoms with Crippen molar-refractivity contribution < 1.29 is 23.0 Å². The van der Waals surface area contributed by atoms with E-state index in [9.17, 15) is 18.3 Å². The van der Waals surface area contributed by atoms with Crippen LogP contribution >= 0.6 is 0 Å². The van der Waals surface area contributed by atoms with Gasteiger partial charge in [0.25, 0.3) is 0 Å². The Kier molecular flexibility index (Phi) is 7.43. The van der Waals surface area contributed by atoms with Crippen molar-refractivity contribution in [2.45, 2.75) is 40.1 Å². The molecule has 0 bridgehead atoms. The van der Waals surface area contributed by atoms with Crippen LogP contribution in [0.5, 0.6) is 5.75 Å². The molecule has 9 heteroatoms. The number of hydrogen-bond donors (Lipinski definition) is 3. The number of nitrogens with zero attached hydrogens (tertiary/aromatic N) is 2. The zero-order valence-electron chi connectivity index (χ0n) is 18.9. The fourth-order valence-corrected chi connectivity index (χ4v) is 3.19. The normalized spacial score (nSPS) is 12.5. The van der Waals surface area contributed by atoms with Crippen LogP contribution in [0.4, 0.5) is 30.6 Å². The minimum Gasteiger partial charge on any atom is -0.406 e. The average Bonchev–Trinajstić information content (AvgIpc) is 2.74. The Labute approximate surface area is 190 Å². The highest BCUT2D eigenvalue weighted by molar-refractivity contribution is 5.69. The number of aryl methyl sites for hydroxylation is 1. The van der Waals surface area contributed by atoms with E-state index >= 15 is 0 Å². The van der Waals surface area contributed by atoms with Crippen LogP contribution in [0.25, 0.3) is 11.3 Å². The molecular weight excluding hydrogens is 433 g/mol. The maximum atomic E-state index is 12.7. The highest BCUT2D eigenvalue weighted by atomic mass is 19.4. The molecule has 0 radical (unpaired) electrons. The molecule has 0 saturated carbocycles. The van der Waals surface area contributed by atoms with Crippen LogP contribution in [-0.2, 0) is 0 Å². The molecule has 0 aliphatic carbocycles. The highest BCUT2D eigenvalue weighted by Gasteiger charge is 2.31. The molecule has 0 unspecified atom stereocenters. The number of aromatic nitrogens is 2. The second kappa shape index (κ2) is 10.1. The Morgan fingerprint density at radius 2 is 1.76 bits per heavy atom. The maximum absolute atomic E-state index is 12.7. The molecule has 3 rings (SSSR count). The molecule has 33 heavy (non-hydrogen) atoms. The first-order chi connectivity index (χ1) is 15.6. The predicted octanol–water partition coefficient (Wildman–Crippen LogP) is 5.83. The second-order valence-electron chi connectivity index (χ2n) is 8.09. The lowest BCUT2D eigenvalue weighted by Gasteiger charge is -2.21. The molecule has 1 atom stereocenters. The predicted molar refractivity (Wildman–Crippen MR) is 123 cm³/mol. The molecule has 0 amide bonds. The largest absolute Gasteiger partial charge is 0.573 e. The number of nitrogens with one attached hydrogen (secondary N) is 2. The zero-order chi connectivity index (χ0) is 24.2. The van der Waals surface area contributed by atoms with Gasteiger partial charge >= 0.3 is 6.36 Å². The molecule has 176 valence electrons. The van der Waals surface area contributed by atoms with Crippen molar-refractivity contribution in [2.75, 3.05) is 17.2 Å². The first-order valence-electron chi connectivity index (χ1n) is 10.5. The number of ether oxygens (including phenoxy) is 1. The first kappa shape index (κ1) is 24.3. The molecule has 3 aromatic rings. The molecule has 2 aromatic carbocycles. The second-order valence-corrected chi connectivity index (χ2v) is 8.09. The van der Waals surface area contributed by atoms with Gasteiger partial charge in [-0.2, -0.15) is 4.98 Å². The summed E-state index contributed by atoms with van der Waals surface area (Å²) in [5.74, 6) is 0.461. The number of anilines is 3. The quantitative estimate of drug-likeness (QED) is 0.392. The average molecular weight is 461 g/mol. The summed E-state index contributed by atoms with van der Waals surface area (Å²) in [6, 6.07) is 12.8. The molecule has 1 aromatic heterocycles. The topological polar surface area (TPSA) is 79.3 Å². The third-order valence-corrected chi connectivity index (χ3v) is 5.27. The van der Waals surface area contributed by atoms with Crippen molar-refractivity contribution in [3.05, 3.63) is 59.7 Å². The van der Waals surface area contributed by atoms with Crippen LogP contribution in [0.2, 0.25) is 0 Å². The first-order valence-corrected chi connectivity index (χ1v) is 10.5. The van der Waals surface area contributed by atoms with E-state index in [1.54, 1.807) is 12.1 Å². The number of alkyl halides is 3. The molecule has 0 saturated heterocycles. The summed E-state index contributed by atoms with van der Waals surface area (Å²) in [5, 5.41) is 16.1. The summed E-state index contributed by atoms with van der Waals surface area (Å²) in [5.41, 5.74) is 3.82. The van der Waals surface area contributed by atoms with Crippen LogP contribution in [0, 0.1) is 19.8 Å². The van der Waals surface area contributed by atoms with Crippen molar-refractivity contribution in [3.8, 4) is 17.0 Å². The summed E-state index contributed by atoms with van der Waals surface area (Å²) in [7, 11) is 0. The number of halogens is 3. The van der Waals surface area contributed by atoms with Gasteiger partial charge in [0.15, 0.2) is 0 Å². The summed E-state index contributed by atoms with van der Waals surface area (Å²) in [6.07, 6.45) is -4.79. The van der Waals surface area contributed by atoms with Crippen LogP contribution < -0.4 is 15.4 Å². The van der Waals surface area contributed by atoms with E-state index in [1.165, 1.54) is 18.2 Å². The highest BCUT2D eigenvalue weighted by Crippen LogP contribution is 2.30. The summed E-state index contributed by atoms with van der Waals surface area (Å²) in [6.45, 7) is 7.76. The summed E-state index contributed by atoms with van der Waals surface area (Å²) < 4.78 is 42.1. The third kappa shape index (κ3) is 6.58. The van der Waals surface area contributed by atoms with Crippen molar-refractivity contribution in [1.82, 2.24) is 9.97 Å². The van der Waals surface area contributed by atoms with Gasteiger partial charge in [0, 0.05) is 17.3 Å². The van der Waals surface area contributed by atoms with Gasteiger partial charge in [-0.25, -0.2) is 4.98 Å². The van der Waals surface area contributed by atoms with E-state index in [0.717, 1.165) is 16.8 Å². The monoisotopic (exact) mass is 460 g/mol. The Hall–Kier alpha value is -3.33. The Morgan fingerprint density at radius 3 is 2.42 bits per heavy atom. The van der Waals surface area contributed by atoms with Gasteiger partial charge in [-0.3, -0.25) is 0 Å². The van der Waals surface area contributed by atoms with Gasteiger partial charge in [-0.15, -0.1) is 13.2 Å². The fraction of sp³-hybridized carbons (Fsp3) is 0.333. The third-order valence-electron chi connectivity index (χ3n) is 5.27. The van der Waals surface area contributed by atoms with Gasteiger partial charge in [0.1, 0.15) is 11.6 Å². The van der Waals surface area contributed by atoms with Crippen molar-refractivity contribution in [3.63, 3.8) is 0 Å². The smallest absolute Gasteiger partial charge is 0.406 e. The van der Waals surface area contributed by atoms with Gasteiger partial charge in [0.2, 0.25) is 5.95 Å². The standard InChI is InChI=1S/C24H27F3N4O2/c1-14(2)21(13-32)30-23-29-20(17-8-6-9-18(11-17)33-24(25,26)27)12-22(31-23)28-19-10-5-7-15(3)16(19)4/h5-12,14,21,32H,13H2,1-4H3,(H2,28,29,30,31)/t21-/m1/s1. The molecule has 0 spiro atoms. The SMILES string of the molecule is Cc1cccc(Nc2cc(-c3cccc(OC(F)(F)F)c3)nc(N[C@H](CO)C(C)C)n2)c1C. The van der Waals surface area contributed by atoms with Gasteiger partial charge in [-0.1, -0.05) is 38.1 Å². The maximum Gasteiger partial charge on any atom is 0.573 e. The molecule has 0 aliphatic heterocycles. The number of aliphatic hydroxyl groups is 1. The van der Waals surface area contributed by atoms with Crippen LogP contribution in [-0.4, -0.2) is 34.1 Å². The Bertz CT molecular complexity index is 1100. The van der Waals surface area contributed by atoms with E-state index < -0.39 is 6.36 Å². The molecule has 1 heterocycles. The number of rotatable bonds is 8. The number of benzene rings is 2. The van der Waals surface area contributed by atoms with Crippen molar-refractivity contribution >= 4 is 17.5 Å². The van der Waals surface area contributed by atoms with E-state index in [-0.39, 0.29) is 30.3 Å². The molecule has 0 fully saturated rings. The number of aliphatic hydroxyl groups excluding tert-OH is 1. The van der Waals surface area contributed by atoms with E-state index in [2.05, 4.69) is 25.3 Å². The van der Waals surface area contributed by atoms with E-state index in [0.29, 0.717) is 17.1 Å². The molecule has 0 aliphatic rings. The van der Waals surface area contributed by atoms with Gasteiger partial charge in [-0.05, 0) is 49.1 Å². The Balaban J connectivity index is 2.03. The molecular formula is C24H27F3N4O2. The van der Waals surface area contributed by atoms with Crippen molar-refractivity contribution in [1.29, 1.82) is 0 Å². The fourth-order valence-electron chi connectivity index (χ4n) is 3.19. The number of hydrogen-bond acceptors (Lipinski definition) is 6. The van der Waals surface area contributed by atoms with Gasteiger partial charge < -0.3 is 20.5 Å². The lowest BCUT2D eigenvalue weighted by atomic mass is 10.1. The van der Waals surface area contributed by atoms with E-state index in [4.69, 9.17) is 0 Å². The lowest BCUT2D eigenvalue weighted by molar-refractivity contribution is -0.274. The zero-order valence-corrected chi connectivity index (χ0v) is 18.9. The molecule has 6 nitrogen and oxygen atoms in total.